The van der Waals surface area contributed by atoms with Crippen molar-refractivity contribution in [2.45, 2.75) is 38.8 Å². The first-order chi connectivity index (χ1) is 8.09. The number of carbonyl (C=O) groups excluding carboxylic acids is 1. The quantitative estimate of drug-likeness (QED) is 0.864. The molecule has 0 bridgehead atoms. The Hall–Kier alpha value is -1.06. The number of nitrogens with one attached hydrogen (secondary N) is 1. The number of hydrogen-bond donors (Lipinski definition) is 2. The van der Waals surface area contributed by atoms with Gasteiger partial charge in [0.15, 0.2) is 0 Å². The molecule has 3 unspecified atom stereocenters. The minimum atomic E-state index is -0.448. The van der Waals surface area contributed by atoms with E-state index in [1.54, 1.807) is 6.92 Å². The van der Waals surface area contributed by atoms with E-state index in [9.17, 15) is 4.79 Å². The third-order valence-corrected chi connectivity index (χ3v) is 3.54. The summed E-state index contributed by atoms with van der Waals surface area (Å²) in [6, 6.07) is 8.00. The summed E-state index contributed by atoms with van der Waals surface area (Å²) in [6.07, 6.45) is 2.21. The predicted octanol–water partition coefficient (Wildman–Crippen LogP) is 2.20. The Morgan fingerprint density at radius 2 is 2.11 bits per heavy atom. The van der Waals surface area contributed by atoms with Crippen LogP contribution in [0.4, 0.5) is 0 Å². The summed E-state index contributed by atoms with van der Waals surface area (Å²) in [5.74, 6) is 0.395. The van der Waals surface area contributed by atoms with E-state index in [2.05, 4.69) is 30.4 Å². The molecule has 3 nitrogen and oxygen atoms in total. The maximum absolute atomic E-state index is 11.7. The van der Waals surface area contributed by atoms with Crippen molar-refractivity contribution in [3.8, 4) is 0 Å². The minimum absolute atomic E-state index is 0. The lowest BCUT2D eigenvalue weighted by molar-refractivity contribution is -0.123. The lowest BCUT2D eigenvalue weighted by atomic mass is 9.80. The van der Waals surface area contributed by atoms with E-state index in [-0.39, 0.29) is 24.4 Å². The molecule has 1 aliphatic carbocycles. The highest BCUT2D eigenvalue weighted by atomic mass is 35.5. The van der Waals surface area contributed by atoms with Crippen LogP contribution in [0.1, 0.15) is 37.4 Å². The predicted molar refractivity (Wildman–Crippen MR) is 75.7 cm³/mol. The standard InChI is InChI=1S/C14H20N2O.ClH/c1-9-7-8-11-5-3-4-6-12(11)13(9)16-14(17)10(2)15;/h3-6,9-10,13H,7-8,15H2,1-2H3,(H,16,17);1H. The third-order valence-electron chi connectivity index (χ3n) is 3.54. The Bertz CT molecular complexity index is 420. The molecule has 0 radical (unpaired) electrons. The molecule has 1 aromatic rings. The van der Waals surface area contributed by atoms with E-state index in [1.165, 1.54) is 11.1 Å². The maximum atomic E-state index is 11.7. The molecule has 3 atom stereocenters. The molecule has 100 valence electrons. The molecule has 2 rings (SSSR count). The number of halogens is 1. The lowest BCUT2D eigenvalue weighted by Gasteiger charge is -2.32. The first-order valence-electron chi connectivity index (χ1n) is 6.23. The molecule has 4 heteroatoms. The number of fused-ring (bicyclic) bond motifs is 1. The molecule has 1 aliphatic rings. The second kappa shape index (κ2) is 6.21. The molecule has 1 amide bonds. The minimum Gasteiger partial charge on any atom is -0.348 e. The van der Waals surface area contributed by atoms with Crippen molar-refractivity contribution in [1.29, 1.82) is 0 Å². The van der Waals surface area contributed by atoms with Crippen LogP contribution in [0.2, 0.25) is 0 Å². The van der Waals surface area contributed by atoms with Gasteiger partial charge < -0.3 is 11.1 Å². The molecule has 0 spiro atoms. The van der Waals surface area contributed by atoms with Crippen LogP contribution >= 0.6 is 12.4 Å². The Labute approximate surface area is 115 Å². The third kappa shape index (κ3) is 3.03. The molecule has 1 aromatic carbocycles. The van der Waals surface area contributed by atoms with Gasteiger partial charge >= 0.3 is 0 Å². The number of carbonyl (C=O) groups is 1. The van der Waals surface area contributed by atoms with Gasteiger partial charge in [-0.2, -0.15) is 0 Å². The van der Waals surface area contributed by atoms with Gasteiger partial charge in [-0.05, 0) is 36.8 Å². The van der Waals surface area contributed by atoms with E-state index >= 15 is 0 Å². The van der Waals surface area contributed by atoms with Gasteiger partial charge in [-0.25, -0.2) is 0 Å². The highest BCUT2D eigenvalue weighted by molar-refractivity contribution is 5.85. The number of nitrogens with two attached hydrogens (primary N) is 1. The summed E-state index contributed by atoms with van der Waals surface area (Å²) in [4.78, 5) is 11.7. The fraction of sp³-hybridized carbons (Fsp3) is 0.500. The van der Waals surface area contributed by atoms with Crippen LogP contribution in [0.15, 0.2) is 24.3 Å². The molecule has 0 aliphatic heterocycles. The number of aryl methyl sites for hydroxylation is 1. The van der Waals surface area contributed by atoms with Crippen molar-refractivity contribution in [2.75, 3.05) is 0 Å². The Morgan fingerprint density at radius 3 is 2.78 bits per heavy atom. The molecule has 0 aromatic heterocycles. The summed E-state index contributed by atoms with van der Waals surface area (Å²) in [6.45, 7) is 3.90. The van der Waals surface area contributed by atoms with Crippen LogP contribution < -0.4 is 11.1 Å². The fourth-order valence-corrected chi connectivity index (χ4v) is 2.43. The average Bonchev–Trinajstić information content (AvgIpc) is 2.32. The van der Waals surface area contributed by atoms with Gasteiger partial charge in [0.1, 0.15) is 0 Å². The molecule has 0 heterocycles. The molecular formula is C14H21ClN2O. The summed E-state index contributed by atoms with van der Waals surface area (Å²) in [5, 5.41) is 3.06. The number of rotatable bonds is 2. The van der Waals surface area contributed by atoms with Gasteiger partial charge in [0, 0.05) is 0 Å². The molecular weight excluding hydrogens is 248 g/mol. The van der Waals surface area contributed by atoms with E-state index in [0.29, 0.717) is 5.92 Å². The summed E-state index contributed by atoms with van der Waals surface area (Å²) < 4.78 is 0. The zero-order chi connectivity index (χ0) is 12.4. The largest absolute Gasteiger partial charge is 0.348 e. The van der Waals surface area contributed by atoms with Crippen molar-refractivity contribution in [1.82, 2.24) is 5.32 Å². The Kier molecular flexibility index (Phi) is 5.17. The molecule has 0 saturated carbocycles. The Morgan fingerprint density at radius 1 is 1.44 bits per heavy atom. The van der Waals surface area contributed by atoms with Gasteiger partial charge in [0.05, 0.1) is 12.1 Å². The van der Waals surface area contributed by atoms with Gasteiger partial charge in [0.25, 0.3) is 0 Å². The molecule has 3 N–H and O–H groups in total. The highest BCUT2D eigenvalue weighted by Crippen LogP contribution is 2.33. The first kappa shape index (κ1) is 15.0. The van der Waals surface area contributed by atoms with Crippen molar-refractivity contribution in [3.05, 3.63) is 35.4 Å². The smallest absolute Gasteiger partial charge is 0.237 e. The van der Waals surface area contributed by atoms with Crippen LogP contribution in [-0.2, 0) is 11.2 Å². The summed E-state index contributed by atoms with van der Waals surface area (Å²) >= 11 is 0. The zero-order valence-corrected chi connectivity index (χ0v) is 11.7. The van der Waals surface area contributed by atoms with Crippen LogP contribution in [0.25, 0.3) is 0 Å². The van der Waals surface area contributed by atoms with Crippen LogP contribution in [-0.4, -0.2) is 11.9 Å². The highest BCUT2D eigenvalue weighted by Gasteiger charge is 2.27. The number of hydrogen-bond acceptors (Lipinski definition) is 2. The lowest BCUT2D eigenvalue weighted by Crippen LogP contribution is -2.43. The fourth-order valence-electron chi connectivity index (χ4n) is 2.43. The van der Waals surface area contributed by atoms with E-state index in [0.717, 1.165) is 12.8 Å². The topological polar surface area (TPSA) is 55.1 Å². The zero-order valence-electron chi connectivity index (χ0n) is 10.8. The normalized spacial score (nSPS) is 23.5. The summed E-state index contributed by atoms with van der Waals surface area (Å²) in [7, 11) is 0. The maximum Gasteiger partial charge on any atom is 0.237 e. The molecule has 18 heavy (non-hydrogen) atoms. The van der Waals surface area contributed by atoms with Gasteiger partial charge in [-0.15, -0.1) is 12.4 Å². The number of amides is 1. The van der Waals surface area contributed by atoms with Crippen molar-refractivity contribution >= 4 is 18.3 Å². The monoisotopic (exact) mass is 268 g/mol. The van der Waals surface area contributed by atoms with E-state index in [1.807, 2.05) is 6.07 Å². The van der Waals surface area contributed by atoms with Crippen LogP contribution in [0, 0.1) is 5.92 Å². The van der Waals surface area contributed by atoms with Gasteiger partial charge in [-0.3, -0.25) is 4.79 Å². The van der Waals surface area contributed by atoms with Crippen LogP contribution in [0.5, 0.6) is 0 Å². The number of benzene rings is 1. The van der Waals surface area contributed by atoms with Gasteiger partial charge in [0.2, 0.25) is 5.91 Å². The second-order valence-corrected chi connectivity index (χ2v) is 4.99. The SMILES string of the molecule is CC(N)C(=O)NC1c2ccccc2CCC1C.Cl. The molecule has 0 fully saturated rings. The van der Waals surface area contributed by atoms with E-state index in [4.69, 9.17) is 5.73 Å². The van der Waals surface area contributed by atoms with Crippen molar-refractivity contribution < 1.29 is 4.79 Å². The molecule has 0 saturated heterocycles. The van der Waals surface area contributed by atoms with Crippen LogP contribution in [0.3, 0.4) is 0 Å². The Balaban J connectivity index is 0.00000162. The van der Waals surface area contributed by atoms with E-state index < -0.39 is 6.04 Å². The first-order valence-corrected chi connectivity index (χ1v) is 6.23. The summed E-state index contributed by atoms with van der Waals surface area (Å²) in [5.41, 5.74) is 8.20. The second-order valence-electron chi connectivity index (χ2n) is 4.99. The average molecular weight is 269 g/mol. The van der Waals surface area contributed by atoms with Gasteiger partial charge in [-0.1, -0.05) is 31.2 Å². The van der Waals surface area contributed by atoms with Crippen molar-refractivity contribution in [2.24, 2.45) is 11.7 Å². The van der Waals surface area contributed by atoms with Crippen molar-refractivity contribution in [3.63, 3.8) is 0 Å².